The Labute approximate surface area is 208 Å². The van der Waals surface area contributed by atoms with Crippen molar-refractivity contribution >= 4 is 22.5 Å². The highest BCUT2D eigenvalue weighted by Crippen LogP contribution is 2.29. The highest BCUT2D eigenvalue weighted by Gasteiger charge is 2.17. The fraction of sp³-hybridized carbons (Fsp3) is 0.143. The number of H-pyrrole nitrogens is 1. The number of para-hydroxylation sites is 1. The van der Waals surface area contributed by atoms with Gasteiger partial charge in [-0.25, -0.2) is 0 Å². The largest absolute Gasteiger partial charge is 0.456 e. The first-order valence-electron chi connectivity index (χ1n) is 11.9. The maximum Gasteiger partial charge on any atom is 0.276 e. The number of hydrogen-bond donors (Lipinski definition) is 2. The summed E-state index contributed by atoms with van der Waals surface area (Å²) in [6, 6.07) is 21.1. The zero-order valence-corrected chi connectivity index (χ0v) is 19.5. The Hall–Kier alpha value is -4.56. The third kappa shape index (κ3) is 4.67. The summed E-state index contributed by atoms with van der Waals surface area (Å²) < 4.78 is 5.93. The van der Waals surface area contributed by atoms with E-state index < -0.39 is 0 Å². The molecule has 6 rings (SSSR count). The molecule has 0 radical (unpaired) electrons. The van der Waals surface area contributed by atoms with Crippen LogP contribution in [0.4, 0.5) is 5.69 Å². The van der Waals surface area contributed by atoms with Crippen molar-refractivity contribution in [1.29, 1.82) is 0 Å². The number of carbonyl (C=O) groups is 1. The molecule has 0 unspecified atom stereocenters. The van der Waals surface area contributed by atoms with E-state index in [0.717, 1.165) is 53.1 Å². The first-order valence-corrected chi connectivity index (χ1v) is 11.9. The molecule has 0 bridgehead atoms. The Morgan fingerprint density at radius 2 is 1.83 bits per heavy atom. The minimum atomic E-state index is -0.296. The molecule has 3 aromatic heterocycles. The predicted octanol–water partition coefficient (Wildman–Crippen LogP) is 5.27. The number of nitrogens with zero attached hydrogens (tertiary/aromatic N) is 4. The van der Waals surface area contributed by atoms with E-state index in [1.807, 2.05) is 66.7 Å². The number of likely N-dealkylation sites (tertiary alicyclic amines) is 1. The van der Waals surface area contributed by atoms with Gasteiger partial charge < -0.3 is 10.1 Å². The van der Waals surface area contributed by atoms with E-state index >= 15 is 0 Å². The average Bonchev–Trinajstić information content (AvgIpc) is 3.31. The number of ether oxygens (including phenoxy) is 1. The van der Waals surface area contributed by atoms with Gasteiger partial charge in [0.1, 0.15) is 11.5 Å². The molecule has 1 fully saturated rings. The molecule has 36 heavy (non-hydrogen) atoms. The van der Waals surface area contributed by atoms with Gasteiger partial charge in [0.15, 0.2) is 5.69 Å². The lowest BCUT2D eigenvalue weighted by molar-refractivity contribution is 0.102. The van der Waals surface area contributed by atoms with Gasteiger partial charge in [0, 0.05) is 23.7 Å². The molecule has 8 nitrogen and oxygen atoms in total. The second-order valence-corrected chi connectivity index (χ2v) is 8.78. The minimum absolute atomic E-state index is 0.296. The van der Waals surface area contributed by atoms with Crippen molar-refractivity contribution in [3.63, 3.8) is 0 Å². The summed E-state index contributed by atoms with van der Waals surface area (Å²) in [6.07, 6.45) is 6.38. The minimum Gasteiger partial charge on any atom is -0.456 e. The van der Waals surface area contributed by atoms with Crippen LogP contribution in [0.25, 0.3) is 22.0 Å². The number of aromatic nitrogens is 4. The van der Waals surface area contributed by atoms with Crippen LogP contribution in [0, 0.1) is 0 Å². The molecule has 0 saturated carbocycles. The van der Waals surface area contributed by atoms with Gasteiger partial charge in [-0.05, 0) is 67.5 Å². The van der Waals surface area contributed by atoms with Crippen LogP contribution in [0.2, 0.25) is 0 Å². The number of hydrogen-bond acceptors (Lipinski definition) is 6. The van der Waals surface area contributed by atoms with Crippen molar-refractivity contribution in [2.75, 3.05) is 18.4 Å². The standard InChI is InChI=1S/C28H24N6O2/c35-28(31-21-8-9-22(30-16-21)18-34-11-4-12-34)27-25-14-19(7-10-26(25)32-33-27)20-13-24(17-29-15-20)36-23-5-2-1-3-6-23/h1-3,5-10,13-17H,4,11-12,18H2,(H,31,35)(H,32,33). The van der Waals surface area contributed by atoms with Crippen molar-refractivity contribution in [2.45, 2.75) is 13.0 Å². The molecule has 8 heteroatoms. The highest BCUT2D eigenvalue weighted by molar-refractivity contribution is 6.11. The van der Waals surface area contributed by atoms with Crippen LogP contribution >= 0.6 is 0 Å². The van der Waals surface area contributed by atoms with Gasteiger partial charge in [-0.3, -0.25) is 24.8 Å². The number of aromatic amines is 1. The third-order valence-corrected chi connectivity index (χ3v) is 6.22. The van der Waals surface area contributed by atoms with E-state index in [4.69, 9.17) is 4.74 Å². The summed E-state index contributed by atoms with van der Waals surface area (Å²) in [5, 5.41) is 10.9. The van der Waals surface area contributed by atoms with Crippen molar-refractivity contribution in [3.8, 4) is 22.6 Å². The molecule has 1 aliphatic rings. The normalized spacial score (nSPS) is 13.3. The molecule has 0 spiro atoms. The van der Waals surface area contributed by atoms with Crippen LogP contribution in [0.1, 0.15) is 22.6 Å². The number of rotatable bonds is 7. The molecule has 4 heterocycles. The number of nitrogens with one attached hydrogen (secondary N) is 2. The fourth-order valence-electron chi connectivity index (χ4n) is 4.17. The summed E-state index contributed by atoms with van der Waals surface area (Å²) in [6.45, 7) is 3.08. The third-order valence-electron chi connectivity index (χ3n) is 6.22. The fourth-order valence-corrected chi connectivity index (χ4v) is 4.17. The maximum atomic E-state index is 13.1. The first-order chi connectivity index (χ1) is 17.7. The molecule has 1 amide bonds. The number of benzene rings is 2. The van der Waals surface area contributed by atoms with Gasteiger partial charge in [-0.2, -0.15) is 5.10 Å². The Bertz CT molecular complexity index is 1510. The molecular weight excluding hydrogens is 452 g/mol. The molecule has 1 saturated heterocycles. The van der Waals surface area contributed by atoms with E-state index in [-0.39, 0.29) is 5.91 Å². The second-order valence-electron chi connectivity index (χ2n) is 8.78. The van der Waals surface area contributed by atoms with E-state index in [9.17, 15) is 4.79 Å². The molecule has 2 aromatic carbocycles. The van der Waals surface area contributed by atoms with Crippen molar-refractivity contribution in [3.05, 3.63) is 96.7 Å². The molecule has 2 N–H and O–H groups in total. The molecule has 0 aliphatic carbocycles. The summed E-state index contributed by atoms with van der Waals surface area (Å²) in [7, 11) is 0. The van der Waals surface area contributed by atoms with E-state index in [0.29, 0.717) is 17.1 Å². The number of pyridine rings is 2. The lowest BCUT2D eigenvalue weighted by atomic mass is 10.0. The Morgan fingerprint density at radius 3 is 2.61 bits per heavy atom. The van der Waals surface area contributed by atoms with Crippen LogP contribution in [-0.4, -0.2) is 44.1 Å². The van der Waals surface area contributed by atoms with E-state index in [2.05, 4.69) is 30.4 Å². The SMILES string of the molecule is O=C(Nc1ccc(CN2CCC2)nc1)c1n[nH]c2ccc(-c3cncc(Oc4ccccc4)c3)cc12. The first kappa shape index (κ1) is 21.9. The number of carbonyl (C=O) groups excluding carboxylic acids is 1. The van der Waals surface area contributed by atoms with Gasteiger partial charge in [0.25, 0.3) is 5.91 Å². The maximum absolute atomic E-state index is 13.1. The highest BCUT2D eigenvalue weighted by atomic mass is 16.5. The zero-order chi connectivity index (χ0) is 24.3. The summed E-state index contributed by atoms with van der Waals surface area (Å²) in [5.41, 5.74) is 4.50. The van der Waals surface area contributed by atoms with Crippen molar-refractivity contribution in [1.82, 2.24) is 25.1 Å². The summed E-state index contributed by atoms with van der Waals surface area (Å²) >= 11 is 0. The van der Waals surface area contributed by atoms with E-state index in [1.165, 1.54) is 6.42 Å². The van der Waals surface area contributed by atoms with Gasteiger partial charge >= 0.3 is 0 Å². The Morgan fingerprint density at radius 1 is 0.944 bits per heavy atom. The molecular formula is C28H24N6O2. The topological polar surface area (TPSA) is 96.0 Å². The number of amides is 1. The average molecular weight is 477 g/mol. The van der Waals surface area contributed by atoms with Crippen molar-refractivity contribution < 1.29 is 9.53 Å². The lowest BCUT2D eigenvalue weighted by Gasteiger charge is -2.30. The lowest BCUT2D eigenvalue weighted by Crippen LogP contribution is -2.36. The molecule has 5 aromatic rings. The smallest absolute Gasteiger partial charge is 0.276 e. The van der Waals surface area contributed by atoms with Crippen LogP contribution in [0.3, 0.4) is 0 Å². The van der Waals surface area contributed by atoms with Gasteiger partial charge in [-0.1, -0.05) is 24.3 Å². The number of fused-ring (bicyclic) bond motifs is 1. The van der Waals surface area contributed by atoms with Crippen LogP contribution < -0.4 is 10.1 Å². The molecule has 178 valence electrons. The quantitative estimate of drug-likeness (QED) is 0.332. The summed E-state index contributed by atoms with van der Waals surface area (Å²) in [5.74, 6) is 1.08. The van der Waals surface area contributed by atoms with Gasteiger partial charge in [-0.15, -0.1) is 0 Å². The zero-order valence-electron chi connectivity index (χ0n) is 19.5. The molecule has 1 aliphatic heterocycles. The summed E-state index contributed by atoms with van der Waals surface area (Å²) in [4.78, 5) is 24.2. The Balaban J connectivity index is 1.21. The Kier molecular flexibility index (Phi) is 5.85. The van der Waals surface area contributed by atoms with Crippen LogP contribution in [-0.2, 0) is 6.54 Å². The monoisotopic (exact) mass is 476 g/mol. The second kappa shape index (κ2) is 9.59. The van der Waals surface area contributed by atoms with Gasteiger partial charge in [0.05, 0.1) is 29.3 Å². The number of anilines is 1. The van der Waals surface area contributed by atoms with Crippen molar-refractivity contribution in [2.24, 2.45) is 0 Å². The van der Waals surface area contributed by atoms with Gasteiger partial charge in [0.2, 0.25) is 0 Å². The van der Waals surface area contributed by atoms with Crippen LogP contribution in [0.5, 0.6) is 11.5 Å². The van der Waals surface area contributed by atoms with E-state index in [1.54, 1.807) is 18.6 Å². The van der Waals surface area contributed by atoms with Crippen LogP contribution in [0.15, 0.2) is 85.3 Å². The predicted molar refractivity (Wildman–Crippen MR) is 138 cm³/mol. The molecule has 0 atom stereocenters.